The maximum atomic E-state index is 12.9. The summed E-state index contributed by atoms with van der Waals surface area (Å²) in [6.45, 7) is 5.37. The van der Waals surface area contributed by atoms with E-state index in [2.05, 4.69) is 51.5 Å². The molecule has 34 heavy (non-hydrogen) atoms. The first-order chi connectivity index (χ1) is 16.4. The normalized spacial score (nSPS) is 27.0. The zero-order chi connectivity index (χ0) is 23.8. The van der Waals surface area contributed by atoms with Gasteiger partial charge in [-0.1, -0.05) is 26.3 Å². The fourth-order valence-corrected chi connectivity index (χ4v) is 6.02. The van der Waals surface area contributed by atoms with Crippen LogP contribution >= 0.6 is 0 Å². The first-order valence-electron chi connectivity index (χ1n) is 12.4. The Kier molecular flexibility index (Phi) is 6.15. The van der Waals surface area contributed by atoms with E-state index >= 15 is 0 Å². The Labute approximate surface area is 200 Å². The highest BCUT2D eigenvalue weighted by atomic mass is 16.4. The van der Waals surface area contributed by atoms with Gasteiger partial charge in [-0.25, -0.2) is 14.8 Å². The van der Waals surface area contributed by atoms with Gasteiger partial charge in [0.05, 0.1) is 35.4 Å². The second kappa shape index (κ2) is 9.24. The van der Waals surface area contributed by atoms with Crippen LogP contribution < -0.4 is 15.5 Å². The molecule has 0 aliphatic heterocycles. The number of urea groups is 1. The third kappa shape index (κ3) is 4.72. The van der Waals surface area contributed by atoms with E-state index < -0.39 is 5.97 Å². The number of hydrogen-bond donors (Lipinski definition) is 3. The molecule has 0 saturated heterocycles. The van der Waals surface area contributed by atoms with E-state index in [1.165, 1.54) is 32.0 Å². The Balaban J connectivity index is 1.45. The predicted molar refractivity (Wildman–Crippen MR) is 131 cm³/mol. The van der Waals surface area contributed by atoms with Crippen molar-refractivity contribution in [1.82, 2.24) is 9.97 Å². The SMILES string of the molecule is CC(C)CN(c1ccc(C2CC2C(=O)O)cc1NC(=O)Nc1cncnc1)C1CC2CCC1C2. The van der Waals surface area contributed by atoms with Crippen LogP contribution in [-0.4, -0.2) is 39.7 Å². The summed E-state index contributed by atoms with van der Waals surface area (Å²) in [4.78, 5) is 34.8. The van der Waals surface area contributed by atoms with Crippen LogP contribution in [0.5, 0.6) is 0 Å². The molecule has 5 atom stereocenters. The minimum atomic E-state index is -0.756. The zero-order valence-electron chi connectivity index (χ0n) is 19.8. The van der Waals surface area contributed by atoms with Gasteiger partial charge in [0.25, 0.3) is 0 Å². The third-order valence-corrected chi connectivity index (χ3v) is 7.60. The van der Waals surface area contributed by atoms with Crippen molar-refractivity contribution in [2.45, 2.75) is 57.9 Å². The van der Waals surface area contributed by atoms with Gasteiger partial charge in [-0.15, -0.1) is 0 Å². The summed E-state index contributed by atoms with van der Waals surface area (Å²) >= 11 is 0. The molecule has 3 fully saturated rings. The Morgan fingerprint density at radius 2 is 1.91 bits per heavy atom. The Bertz CT molecular complexity index is 1060. The molecule has 3 aliphatic rings. The molecule has 2 amide bonds. The molecule has 3 N–H and O–H groups in total. The maximum absolute atomic E-state index is 12.9. The first kappa shape index (κ1) is 22.6. The van der Waals surface area contributed by atoms with Crippen LogP contribution in [0.4, 0.5) is 21.9 Å². The monoisotopic (exact) mass is 463 g/mol. The number of nitrogens with one attached hydrogen (secondary N) is 2. The molecule has 0 radical (unpaired) electrons. The Hall–Kier alpha value is -3.16. The van der Waals surface area contributed by atoms with Gasteiger partial charge in [0, 0.05) is 12.6 Å². The molecule has 180 valence electrons. The largest absolute Gasteiger partial charge is 0.481 e. The van der Waals surface area contributed by atoms with Crippen molar-refractivity contribution in [2.24, 2.45) is 23.7 Å². The van der Waals surface area contributed by atoms with Crippen molar-refractivity contribution >= 4 is 29.1 Å². The van der Waals surface area contributed by atoms with Crippen LogP contribution in [-0.2, 0) is 4.79 Å². The number of anilines is 3. The van der Waals surface area contributed by atoms with Crippen LogP contribution in [0.15, 0.2) is 36.9 Å². The molecule has 3 aliphatic carbocycles. The highest BCUT2D eigenvalue weighted by molar-refractivity contribution is 6.02. The lowest BCUT2D eigenvalue weighted by Gasteiger charge is -2.39. The number of benzene rings is 1. The van der Waals surface area contributed by atoms with E-state index in [0.29, 0.717) is 30.0 Å². The van der Waals surface area contributed by atoms with Gasteiger partial charge >= 0.3 is 12.0 Å². The van der Waals surface area contributed by atoms with E-state index in [-0.39, 0.29) is 17.9 Å². The van der Waals surface area contributed by atoms with Gasteiger partial charge in [-0.2, -0.15) is 0 Å². The van der Waals surface area contributed by atoms with Crippen molar-refractivity contribution in [3.63, 3.8) is 0 Å². The molecule has 5 unspecified atom stereocenters. The zero-order valence-corrected chi connectivity index (χ0v) is 19.8. The Morgan fingerprint density at radius 3 is 2.53 bits per heavy atom. The fourth-order valence-electron chi connectivity index (χ4n) is 6.02. The lowest BCUT2D eigenvalue weighted by molar-refractivity contribution is -0.138. The number of aromatic nitrogens is 2. The summed E-state index contributed by atoms with van der Waals surface area (Å²) in [6.07, 6.45) is 10.3. The summed E-state index contributed by atoms with van der Waals surface area (Å²) in [5.41, 5.74) is 3.22. The molecule has 2 aromatic rings. The molecule has 8 heteroatoms. The minimum Gasteiger partial charge on any atom is -0.481 e. The minimum absolute atomic E-state index is 0.00118. The van der Waals surface area contributed by atoms with Crippen molar-refractivity contribution in [3.05, 3.63) is 42.5 Å². The summed E-state index contributed by atoms with van der Waals surface area (Å²) in [5.74, 6) is 0.886. The van der Waals surface area contributed by atoms with Crippen molar-refractivity contribution in [2.75, 3.05) is 22.1 Å². The highest BCUT2D eigenvalue weighted by Crippen LogP contribution is 2.51. The van der Waals surface area contributed by atoms with Gasteiger partial charge in [-0.05, 0) is 67.1 Å². The third-order valence-electron chi connectivity index (χ3n) is 7.60. The smallest absolute Gasteiger partial charge is 0.323 e. The van der Waals surface area contributed by atoms with Gasteiger partial charge in [0.1, 0.15) is 6.33 Å². The van der Waals surface area contributed by atoms with E-state index in [1.54, 1.807) is 12.4 Å². The fraction of sp³-hybridized carbons (Fsp3) is 0.538. The average Bonchev–Trinajstić information content (AvgIpc) is 3.34. The summed E-state index contributed by atoms with van der Waals surface area (Å²) in [7, 11) is 0. The molecule has 1 aromatic heterocycles. The molecule has 0 spiro atoms. The maximum Gasteiger partial charge on any atom is 0.323 e. The Morgan fingerprint density at radius 1 is 1.12 bits per heavy atom. The molecule has 8 nitrogen and oxygen atoms in total. The summed E-state index contributed by atoms with van der Waals surface area (Å²) in [6, 6.07) is 6.23. The van der Waals surface area contributed by atoms with Crippen LogP contribution in [0.1, 0.15) is 57.4 Å². The molecule has 5 rings (SSSR count). The molecule has 1 aromatic carbocycles. The number of hydrogen-bond acceptors (Lipinski definition) is 5. The van der Waals surface area contributed by atoms with E-state index in [9.17, 15) is 14.7 Å². The van der Waals surface area contributed by atoms with Gasteiger partial charge in [-0.3, -0.25) is 4.79 Å². The number of carbonyl (C=O) groups is 2. The summed E-state index contributed by atoms with van der Waals surface area (Å²) in [5, 5.41) is 15.3. The van der Waals surface area contributed by atoms with Crippen molar-refractivity contribution < 1.29 is 14.7 Å². The van der Waals surface area contributed by atoms with Gasteiger partial charge in [0.2, 0.25) is 0 Å². The lowest BCUT2D eigenvalue weighted by Crippen LogP contribution is -2.42. The predicted octanol–water partition coefficient (Wildman–Crippen LogP) is 4.96. The second-order valence-electron chi connectivity index (χ2n) is 10.6. The molecule has 3 saturated carbocycles. The van der Waals surface area contributed by atoms with Gasteiger partial charge in [0.15, 0.2) is 0 Å². The van der Waals surface area contributed by atoms with Crippen LogP contribution in [0, 0.1) is 23.7 Å². The number of carboxylic acid groups (broad SMARTS) is 1. The first-order valence-corrected chi connectivity index (χ1v) is 12.4. The van der Waals surface area contributed by atoms with E-state index in [0.717, 1.165) is 29.4 Å². The second-order valence-corrected chi connectivity index (χ2v) is 10.6. The average molecular weight is 464 g/mol. The summed E-state index contributed by atoms with van der Waals surface area (Å²) < 4.78 is 0. The van der Waals surface area contributed by atoms with Crippen LogP contribution in [0.2, 0.25) is 0 Å². The van der Waals surface area contributed by atoms with Crippen LogP contribution in [0.25, 0.3) is 0 Å². The van der Waals surface area contributed by atoms with Crippen molar-refractivity contribution in [1.29, 1.82) is 0 Å². The van der Waals surface area contributed by atoms with Gasteiger partial charge < -0.3 is 20.6 Å². The van der Waals surface area contributed by atoms with Crippen LogP contribution in [0.3, 0.4) is 0 Å². The number of aliphatic carboxylic acids is 1. The number of carbonyl (C=O) groups excluding carboxylic acids is 1. The molecular weight excluding hydrogens is 430 g/mol. The topological polar surface area (TPSA) is 107 Å². The van der Waals surface area contributed by atoms with E-state index in [1.807, 2.05) is 6.07 Å². The lowest BCUT2D eigenvalue weighted by atomic mass is 9.92. The number of carboxylic acids is 1. The number of nitrogens with zero attached hydrogens (tertiary/aromatic N) is 3. The van der Waals surface area contributed by atoms with E-state index in [4.69, 9.17) is 0 Å². The number of fused-ring (bicyclic) bond motifs is 2. The highest BCUT2D eigenvalue weighted by Gasteiger charge is 2.45. The molecular formula is C26H33N5O3. The standard InChI is InChI=1S/C26H33N5O3/c1-15(2)13-31(24-8-16-3-4-18(24)7-16)23-6-5-17(20-10-21(20)25(32)33)9-22(23)30-26(34)29-19-11-27-14-28-12-19/h5-6,9,11-12,14-16,18,20-21,24H,3-4,7-8,10,13H2,1-2H3,(H,32,33)(H2,29,30,34). The molecule has 2 bridgehead atoms. The number of rotatable bonds is 8. The quantitative estimate of drug-likeness (QED) is 0.511. The van der Waals surface area contributed by atoms with Crippen molar-refractivity contribution in [3.8, 4) is 0 Å². The number of amides is 2. The molecule has 1 heterocycles.